The zero-order chi connectivity index (χ0) is 12.9. The fraction of sp³-hybridized carbons (Fsp3) is 0.429. The minimum Gasteiger partial charge on any atom is -0.478 e. The molecule has 4 heteroatoms. The molecule has 0 unspecified atom stereocenters. The predicted octanol–water partition coefficient (Wildman–Crippen LogP) is 3.01. The largest absolute Gasteiger partial charge is 0.478 e. The Labute approximate surface area is 105 Å². The molecule has 1 aromatic heterocycles. The van der Waals surface area contributed by atoms with Gasteiger partial charge < -0.3 is 9.67 Å². The van der Waals surface area contributed by atoms with E-state index in [4.69, 9.17) is 0 Å². The number of aryl methyl sites for hydroxylation is 1. The van der Waals surface area contributed by atoms with Crippen LogP contribution in [0.15, 0.2) is 18.2 Å². The standard InChI is InChI=1S/C14H16N2O2/c1-8-6-10(7-8)16-9(2)15-12-5-3-4-11(13(12)16)14(17)18/h3-5,8,10H,6-7H2,1-2H3,(H,17,18). The Bertz CT molecular complexity index is 624. The molecule has 0 amide bonds. The summed E-state index contributed by atoms with van der Waals surface area (Å²) in [6, 6.07) is 5.70. The van der Waals surface area contributed by atoms with E-state index >= 15 is 0 Å². The summed E-state index contributed by atoms with van der Waals surface area (Å²) in [4.78, 5) is 15.8. The van der Waals surface area contributed by atoms with E-state index in [1.807, 2.05) is 13.0 Å². The molecule has 3 rings (SSSR count). The van der Waals surface area contributed by atoms with Gasteiger partial charge in [-0.25, -0.2) is 9.78 Å². The van der Waals surface area contributed by atoms with Gasteiger partial charge in [-0.1, -0.05) is 13.0 Å². The van der Waals surface area contributed by atoms with Gasteiger partial charge in [-0.15, -0.1) is 0 Å². The number of carboxylic acid groups (broad SMARTS) is 1. The molecule has 1 heterocycles. The van der Waals surface area contributed by atoms with E-state index < -0.39 is 5.97 Å². The van der Waals surface area contributed by atoms with Gasteiger partial charge in [-0.2, -0.15) is 0 Å². The van der Waals surface area contributed by atoms with Crippen molar-refractivity contribution in [1.29, 1.82) is 0 Å². The molecule has 18 heavy (non-hydrogen) atoms. The van der Waals surface area contributed by atoms with Gasteiger partial charge in [0.1, 0.15) is 5.82 Å². The number of carbonyl (C=O) groups is 1. The van der Waals surface area contributed by atoms with Crippen molar-refractivity contribution in [3.05, 3.63) is 29.6 Å². The molecular weight excluding hydrogens is 228 g/mol. The fourth-order valence-corrected chi connectivity index (χ4v) is 2.95. The molecule has 4 nitrogen and oxygen atoms in total. The summed E-state index contributed by atoms with van der Waals surface area (Å²) >= 11 is 0. The number of carboxylic acids is 1. The molecule has 0 aliphatic heterocycles. The van der Waals surface area contributed by atoms with Gasteiger partial charge in [0.2, 0.25) is 0 Å². The van der Waals surface area contributed by atoms with Crippen LogP contribution in [0.2, 0.25) is 0 Å². The van der Waals surface area contributed by atoms with Crippen LogP contribution in [0.1, 0.15) is 42.0 Å². The summed E-state index contributed by atoms with van der Waals surface area (Å²) in [5, 5.41) is 9.30. The highest BCUT2D eigenvalue weighted by atomic mass is 16.4. The van der Waals surface area contributed by atoms with Crippen LogP contribution < -0.4 is 0 Å². The van der Waals surface area contributed by atoms with E-state index in [2.05, 4.69) is 16.5 Å². The molecule has 2 aromatic rings. The van der Waals surface area contributed by atoms with Crippen molar-refractivity contribution >= 4 is 17.0 Å². The van der Waals surface area contributed by atoms with Gasteiger partial charge >= 0.3 is 5.97 Å². The van der Waals surface area contributed by atoms with Gasteiger partial charge in [0, 0.05) is 6.04 Å². The first-order valence-electron chi connectivity index (χ1n) is 6.28. The van der Waals surface area contributed by atoms with E-state index in [1.54, 1.807) is 12.1 Å². The third kappa shape index (κ3) is 1.52. The van der Waals surface area contributed by atoms with Crippen molar-refractivity contribution < 1.29 is 9.90 Å². The van der Waals surface area contributed by atoms with Crippen molar-refractivity contribution in [2.75, 3.05) is 0 Å². The Kier molecular flexibility index (Phi) is 2.40. The highest BCUT2D eigenvalue weighted by molar-refractivity contribution is 6.01. The summed E-state index contributed by atoms with van der Waals surface area (Å²) in [5.41, 5.74) is 1.92. The highest BCUT2D eigenvalue weighted by Crippen LogP contribution is 2.40. The second kappa shape index (κ2) is 3.83. The lowest BCUT2D eigenvalue weighted by atomic mass is 9.81. The van der Waals surface area contributed by atoms with Crippen LogP contribution in [0.25, 0.3) is 11.0 Å². The first-order valence-corrected chi connectivity index (χ1v) is 6.28. The molecule has 0 atom stereocenters. The molecule has 0 spiro atoms. The Balaban J connectivity index is 2.23. The normalized spacial score (nSPS) is 23.0. The molecule has 0 saturated heterocycles. The lowest BCUT2D eigenvalue weighted by Crippen LogP contribution is -2.25. The maximum absolute atomic E-state index is 11.3. The molecule has 1 aliphatic rings. The molecule has 1 aliphatic carbocycles. The third-order valence-electron chi connectivity index (χ3n) is 3.83. The van der Waals surface area contributed by atoms with E-state index in [0.29, 0.717) is 11.6 Å². The number of imidazole rings is 1. The Morgan fingerprint density at radius 2 is 2.17 bits per heavy atom. The Hall–Kier alpha value is -1.84. The van der Waals surface area contributed by atoms with Gasteiger partial charge in [-0.05, 0) is 37.8 Å². The fourth-order valence-electron chi connectivity index (χ4n) is 2.95. The number of nitrogens with zero attached hydrogens (tertiary/aromatic N) is 2. The first kappa shape index (κ1) is 11.3. The van der Waals surface area contributed by atoms with E-state index in [9.17, 15) is 9.90 Å². The molecule has 1 fully saturated rings. The number of hydrogen-bond acceptors (Lipinski definition) is 2. The van der Waals surface area contributed by atoms with Gasteiger partial charge in [-0.3, -0.25) is 0 Å². The van der Waals surface area contributed by atoms with Crippen LogP contribution in [0.3, 0.4) is 0 Å². The average Bonchev–Trinajstić information content (AvgIpc) is 2.60. The zero-order valence-corrected chi connectivity index (χ0v) is 10.6. The summed E-state index contributed by atoms with van der Waals surface area (Å²) in [6.45, 7) is 4.18. The van der Waals surface area contributed by atoms with Crippen molar-refractivity contribution in [3.8, 4) is 0 Å². The van der Waals surface area contributed by atoms with E-state index in [1.165, 1.54) is 0 Å². The first-order chi connectivity index (χ1) is 8.58. The SMILES string of the molecule is Cc1nc2cccc(C(=O)O)c2n1C1CC(C)C1. The topological polar surface area (TPSA) is 55.1 Å². The minimum atomic E-state index is -0.880. The Morgan fingerprint density at radius 3 is 2.78 bits per heavy atom. The van der Waals surface area contributed by atoms with Crippen molar-refractivity contribution in [2.45, 2.75) is 32.7 Å². The average molecular weight is 244 g/mol. The second-order valence-corrected chi connectivity index (χ2v) is 5.24. The number of benzene rings is 1. The molecular formula is C14H16N2O2. The van der Waals surface area contributed by atoms with E-state index in [0.717, 1.165) is 35.6 Å². The number of hydrogen-bond donors (Lipinski definition) is 1. The molecule has 1 saturated carbocycles. The van der Waals surface area contributed by atoms with Crippen LogP contribution in [0.4, 0.5) is 0 Å². The maximum atomic E-state index is 11.3. The molecule has 1 N–H and O–H groups in total. The molecule has 94 valence electrons. The predicted molar refractivity (Wildman–Crippen MR) is 68.9 cm³/mol. The molecule has 0 radical (unpaired) electrons. The van der Waals surface area contributed by atoms with Gasteiger partial charge in [0.15, 0.2) is 0 Å². The third-order valence-corrected chi connectivity index (χ3v) is 3.83. The number of rotatable bonds is 2. The van der Waals surface area contributed by atoms with Crippen molar-refractivity contribution in [2.24, 2.45) is 5.92 Å². The monoisotopic (exact) mass is 244 g/mol. The van der Waals surface area contributed by atoms with Crippen LogP contribution in [0.5, 0.6) is 0 Å². The quantitative estimate of drug-likeness (QED) is 0.883. The number of aromatic carboxylic acids is 1. The molecule has 0 bridgehead atoms. The summed E-state index contributed by atoms with van der Waals surface area (Å²) in [5.74, 6) is 0.758. The minimum absolute atomic E-state index is 0.354. The zero-order valence-electron chi connectivity index (χ0n) is 10.6. The number of para-hydroxylation sites is 1. The van der Waals surface area contributed by atoms with E-state index in [-0.39, 0.29) is 0 Å². The van der Waals surface area contributed by atoms with Gasteiger partial charge in [0.25, 0.3) is 0 Å². The summed E-state index contributed by atoms with van der Waals surface area (Å²) in [7, 11) is 0. The number of aromatic nitrogens is 2. The lowest BCUT2D eigenvalue weighted by molar-refractivity contribution is 0.0698. The van der Waals surface area contributed by atoms with Crippen LogP contribution in [0, 0.1) is 12.8 Å². The van der Waals surface area contributed by atoms with Gasteiger partial charge in [0.05, 0.1) is 16.6 Å². The molecule has 1 aromatic carbocycles. The lowest BCUT2D eigenvalue weighted by Gasteiger charge is -2.35. The highest BCUT2D eigenvalue weighted by Gasteiger charge is 2.30. The van der Waals surface area contributed by atoms with Crippen molar-refractivity contribution in [1.82, 2.24) is 9.55 Å². The van der Waals surface area contributed by atoms with Crippen LogP contribution >= 0.6 is 0 Å². The smallest absolute Gasteiger partial charge is 0.337 e. The number of fused-ring (bicyclic) bond motifs is 1. The summed E-state index contributed by atoms with van der Waals surface area (Å²) in [6.07, 6.45) is 2.22. The Morgan fingerprint density at radius 1 is 1.44 bits per heavy atom. The van der Waals surface area contributed by atoms with Crippen LogP contribution in [-0.4, -0.2) is 20.6 Å². The van der Waals surface area contributed by atoms with Crippen molar-refractivity contribution in [3.63, 3.8) is 0 Å². The maximum Gasteiger partial charge on any atom is 0.337 e. The summed E-state index contributed by atoms with van der Waals surface area (Å²) < 4.78 is 2.11. The second-order valence-electron chi connectivity index (χ2n) is 5.24. The van der Waals surface area contributed by atoms with Crippen LogP contribution in [-0.2, 0) is 0 Å².